The van der Waals surface area contributed by atoms with Crippen LogP contribution in [0.1, 0.15) is 51.9 Å². The molecule has 2 rings (SSSR count). The highest BCUT2D eigenvalue weighted by Gasteiger charge is 2.33. The molecule has 1 N–H and O–H groups in total. The molecule has 0 saturated heterocycles. The molecule has 0 aromatic carbocycles. The van der Waals surface area contributed by atoms with Gasteiger partial charge in [-0.25, -0.2) is 0 Å². The van der Waals surface area contributed by atoms with E-state index in [9.17, 15) is 14.4 Å². The van der Waals surface area contributed by atoms with Crippen LogP contribution in [0.15, 0.2) is 0 Å². The van der Waals surface area contributed by atoms with Gasteiger partial charge in [0.1, 0.15) is 0 Å². The fourth-order valence-electron chi connectivity index (χ4n) is 2.68. The summed E-state index contributed by atoms with van der Waals surface area (Å²) in [5, 5.41) is 2.69. The Kier molecular flexibility index (Phi) is 4.56. The smallest absolute Gasteiger partial charge is 0.289 e. The average molecular weight is 266 g/mol. The number of carbonyl (C=O) groups is 3. The lowest BCUT2D eigenvalue weighted by Crippen LogP contribution is -2.50. The van der Waals surface area contributed by atoms with Gasteiger partial charge in [0.05, 0.1) is 6.04 Å². The Hall–Kier alpha value is -1.39. The Labute approximate surface area is 113 Å². The highest BCUT2D eigenvalue weighted by Crippen LogP contribution is 2.23. The Morgan fingerprint density at radius 2 is 1.79 bits per heavy atom. The summed E-state index contributed by atoms with van der Waals surface area (Å²) in [5.74, 6) is -1.04. The standard InChI is InChI=1S/C14H22N2O3/c1-10(13(18)14(19)15-11-7-8-11)16(9-17)12-5-3-2-4-6-12/h9-12H,2-8H2,1H3,(H,15,19). The molecule has 0 aromatic heterocycles. The topological polar surface area (TPSA) is 66.5 Å². The van der Waals surface area contributed by atoms with Crippen LogP contribution in [-0.4, -0.2) is 41.1 Å². The van der Waals surface area contributed by atoms with Crippen molar-refractivity contribution in [1.82, 2.24) is 10.2 Å². The predicted molar refractivity (Wildman–Crippen MR) is 70.4 cm³/mol. The summed E-state index contributed by atoms with van der Waals surface area (Å²) < 4.78 is 0. The summed E-state index contributed by atoms with van der Waals surface area (Å²) in [6.07, 6.45) is 7.85. The maximum Gasteiger partial charge on any atom is 0.289 e. The quantitative estimate of drug-likeness (QED) is 0.576. The van der Waals surface area contributed by atoms with E-state index in [4.69, 9.17) is 0 Å². The van der Waals surface area contributed by atoms with Gasteiger partial charge in [-0.1, -0.05) is 19.3 Å². The number of nitrogens with one attached hydrogen (secondary N) is 1. The molecule has 0 radical (unpaired) electrons. The molecule has 2 amide bonds. The number of hydrogen-bond acceptors (Lipinski definition) is 3. The number of carbonyl (C=O) groups excluding carboxylic acids is 3. The molecule has 2 saturated carbocycles. The second-order valence-electron chi connectivity index (χ2n) is 5.63. The molecule has 0 aromatic rings. The minimum absolute atomic E-state index is 0.110. The van der Waals surface area contributed by atoms with Crippen LogP contribution in [0.25, 0.3) is 0 Å². The van der Waals surface area contributed by atoms with Gasteiger partial charge >= 0.3 is 0 Å². The van der Waals surface area contributed by atoms with Crippen LogP contribution in [0.2, 0.25) is 0 Å². The monoisotopic (exact) mass is 266 g/mol. The molecule has 19 heavy (non-hydrogen) atoms. The largest absolute Gasteiger partial charge is 0.347 e. The third-order valence-electron chi connectivity index (χ3n) is 4.08. The minimum atomic E-state index is -0.653. The summed E-state index contributed by atoms with van der Waals surface area (Å²) in [6.45, 7) is 1.65. The summed E-state index contributed by atoms with van der Waals surface area (Å²) in [5.41, 5.74) is 0. The van der Waals surface area contributed by atoms with E-state index in [1.807, 2.05) is 0 Å². The van der Waals surface area contributed by atoms with Crippen LogP contribution in [0.5, 0.6) is 0 Å². The number of Topliss-reactive ketones (excluding diaryl/α,β-unsaturated/α-hetero) is 1. The molecule has 0 spiro atoms. The van der Waals surface area contributed by atoms with Crippen LogP contribution in [0.3, 0.4) is 0 Å². The Morgan fingerprint density at radius 1 is 1.16 bits per heavy atom. The summed E-state index contributed by atoms with van der Waals surface area (Å²) in [6, 6.07) is -0.374. The lowest BCUT2D eigenvalue weighted by molar-refractivity contribution is -0.143. The summed E-state index contributed by atoms with van der Waals surface area (Å²) >= 11 is 0. The second kappa shape index (κ2) is 6.17. The maximum absolute atomic E-state index is 12.0. The van der Waals surface area contributed by atoms with E-state index in [1.165, 1.54) is 11.3 Å². The number of hydrogen-bond donors (Lipinski definition) is 1. The molecule has 0 aliphatic heterocycles. The molecule has 1 atom stereocenters. The molecular weight excluding hydrogens is 244 g/mol. The van der Waals surface area contributed by atoms with Gasteiger partial charge in [0.25, 0.3) is 5.91 Å². The van der Waals surface area contributed by atoms with Gasteiger partial charge in [-0.15, -0.1) is 0 Å². The van der Waals surface area contributed by atoms with Crippen molar-refractivity contribution in [1.29, 1.82) is 0 Å². The van der Waals surface area contributed by atoms with E-state index in [2.05, 4.69) is 5.32 Å². The Morgan fingerprint density at radius 3 is 2.32 bits per heavy atom. The van der Waals surface area contributed by atoms with Crippen LogP contribution >= 0.6 is 0 Å². The van der Waals surface area contributed by atoms with Crippen molar-refractivity contribution in [3.8, 4) is 0 Å². The van der Waals surface area contributed by atoms with Gasteiger partial charge in [0.2, 0.25) is 12.2 Å². The van der Waals surface area contributed by atoms with E-state index in [0.29, 0.717) is 0 Å². The van der Waals surface area contributed by atoms with Crippen molar-refractivity contribution in [2.45, 2.75) is 70.0 Å². The van der Waals surface area contributed by atoms with Crippen molar-refractivity contribution >= 4 is 18.1 Å². The first-order chi connectivity index (χ1) is 9.13. The Balaban J connectivity index is 1.93. The zero-order valence-electron chi connectivity index (χ0n) is 11.4. The van der Waals surface area contributed by atoms with Crippen LogP contribution in [-0.2, 0) is 14.4 Å². The third kappa shape index (κ3) is 3.55. The molecule has 0 heterocycles. The Bertz CT molecular complexity index is 360. The first-order valence-electron chi connectivity index (χ1n) is 7.21. The second-order valence-corrected chi connectivity index (χ2v) is 5.63. The SMILES string of the molecule is CC(C(=O)C(=O)NC1CC1)N(C=O)C1CCCCC1. The van der Waals surface area contributed by atoms with Gasteiger partial charge < -0.3 is 10.2 Å². The van der Waals surface area contributed by atoms with E-state index in [-0.39, 0.29) is 12.1 Å². The van der Waals surface area contributed by atoms with E-state index in [1.54, 1.807) is 6.92 Å². The normalized spacial score (nSPS) is 21.5. The number of rotatable bonds is 6. The molecule has 2 aliphatic rings. The minimum Gasteiger partial charge on any atom is -0.347 e. The van der Waals surface area contributed by atoms with E-state index in [0.717, 1.165) is 44.9 Å². The molecule has 0 bridgehead atoms. The first-order valence-corrected chi connectivity index (χ1v) is 7.21. The number of amides is 2. The van der Waals surface area contributed by atoms with Crippen LogP contribution in [0, 0.1) is 0 Å². The molecule has 2 fully saturated rings. The van der Waals surface area contributed by atoms with Crippen molar-refractivity contribution in [2.75, 3.05) is 0 Å². The molecule has 106 valence electrons. The molecular formula is C14H22N2O3. The van der Waals surface area contributed by atoms with Gasteiger partial charge in [-0.3, -0.25) is 14.4 Å². The van der Waals surface area contributed by atoms with E-state index >= 15 is 0 Å². The lowest BCUT2D eigenvalue weighted by atomic mass is 9.93. The van der Waals surface area contributed by atoms with Gasteiger partial charge in [0, 0.05) is 12.1 Å². The molecule has 2 aliphatic carbocycles. The molecule has 5 heteroatoms. The number of ketones is 1. The van der Waals surface area contributed by atoms with Crippen molar-refractivity contribution in [3.63, 3.8) is 0 Å². The van der Waals surface area contributed by atoms with Crippen molar-refractivity contribution in [3.05, 3.63) is 0 Å². The highest BCUT2D eigenvalue weighted by molar-refractivity contribution is 6.38. The third-order valence-corrected chi connectivity index (χ3v) is 4.08. The lowest BCUT2D eigenvalue weighted by Gasteiger charge is -2.34. The van der Waals surface area contributed by atoms with Crippen molar-refractivity contribution in [2.24, 2.45) is 0 Å². The van der Waals surface area contributed by atoms with Gasteiger partial charge in [-0.2, -0.15) is 0 Å². The fourth-order valence-corrected chi connectivity index (χ4v) is 2.68. The summed E-state index contributed by atoms with van der Waals surface area (Å²) in [7, 11) is 0. The summed E-state index contributed by atoms with van der Waals surface area (Å²) in [4.78, 5) is 36.6. The van der Waals surface area contributed by atoms with Gasteiger partial charge in [-0.05, 0) is 32.6 Å². The predicted octanol–water partition coefficient (Wildman–Crippen LogP) is 1.01. The van der Waals surface area contributed by atoms with Crippen molar-refractivity contribution < 1.29 is 14.4 Å². The van der Waals surface area contributed by atoms with Crippen LogP contribution < -0.4 is 5.32 Å². The fraction of sp³-hybridized carbons (Fsp3) is 0.786. The highest BCUT2D eigenvalue weighted by atomic mass is 16.2. The van der Waals surface area contributed by atoms with Gasteiger partial charge in [0.15, 0.2) is 0 Å². The first kappa shape index (κ1) is 14.0. The molecule has 1 unspecified atom stereocenters. The number of nitrogens with zero attached hydrogens (tertiary/aromatic N) is 1. The maximum atomic E-state index is 12.0. The zero-order chi connectivity index (χ0) is 13.8. The zero-order valence-corrected chi connectivity index (χ0v) is 11.4. The van der Waals surface area contributed by atoms with E-state index < -0.39 is 17.7 Å². The van der Waals surface area contributed by atoms with Crippen LogP contribution in [0.4, 0.5) is 0 Å². The average Bonchev–Trinajstić information content (AvgIpc) is 3.23. The molecule has 5 nitrogen and oxygen atoms in total.